The van der Waals surface area contributed by atoms with Crippen LogP contribution in [-0.2, 0) is 12.0 Å². The summed E-state index contributed by atoms with van der Waals surface area (Å²) in [5.74, 6) is 0.580. The summed E-state index contributed by atoms with van der Waals surface area (Å²) in [6.45, 7) is 12.9. The van der Waals surface area contributed by atoms with Crippen molar-refractivity contribution in [1.82, 2.24) is 4.90 Å². The van der Waals surface area contributed by atoms with E-state index < -0.39 is 6.23 Å². The maximum absolute atomic E-state index is 10.3. The van der Waals surface area contributed by atoms with Gasteiger partial charge in [0.15, 0.2) is 0 Å². The first-order valence-electron chi connectivity index (χ1n) is 6.84. The molecule has 18 heavy (non-hydrogen) atoms. The van der Waals surface area contributed by atoms with Gasteiger partial charge in [-0.15, -0.1) is 0 Å². The number of hydrogen-bond donors (Lipinski definition) is 1. The summed E-state index contributed by atoms with van der Waals surface area (Å²) in [6.07, 6.45) is -0.420. The molecule has 100 valence electrons. The topological polar surface area (TPSA) is 23.5 Å². The third-order valence-electron chi connectivity index (χ3n) is 3.61. The van der Waals surface area contributed by atoms with Gasteiger partial charge in [0, 0.05) is 13.1 Å². The fourth-order valence-corrected chi connectivity index (χ4v) is 2.60. The molecular weight excluding hydrogens is 222 g/mol. The zero-order chi connectivity index (χ0) is 13.5. The standard InChI is InChI=1S/C16H25NO/c1-11(2)9-17-10-12-8-13(16(3,4)5)6-7-14(12)15(17)18/h6-8,11,15,18H,9-10H2,1-5H3. The molecule has 2 heteroatoms. The molecule has 1 aliphatic heterocycles. The van der Waals surface area contributed by atoms with Gasteiger partial charge < -0.3 is 5.11 Å². The Morgan fingerprint density at radius 3 is 2.56 bits per heavy atom. The van der Waals surface area contributed by atoms with E-state index in [2.05, 4.69) is 57.7 Å². The third kappa shape index (κ3) is 2.60. The maximum atomic E-state index is 10.3. The second-order valence-electron chi connectivity index (χ2n) is 6.86. The lowest BCUT2D eigenvalue weighted by Crippen LogP contribution is -2.26. The van der Waals surface area contributed by atoms with E-state index in [0.717, 1.165) is 18.7 Å². The average molecular weight is 247 g/mol. The van der Waals surface area contributed by atoms with Crippen LogP contribution in [0.1, 0.15) is 57.5 Å². The quantitative estimate of drug-likeness (QED) is 0.865. The second kappa shape index (κ2) is 4.67. The van der Waals surface area contributed by atoms with Crippen molar-refractivity contribution in [2.24, 2.45) is 5.92 Å². The first kappa shape index (κ1) is 13.6. The Morgan fingerprint density at radius 2 is 2.00 bits per heavy atom. The van der Waals surface area contributed by atoms with Crippen molar-refractivity contribution in [2.45, 2.75) is 52.8 Å². The van der Waals surface area contributed by atoms with Crippen LogP contribution in [0.5, 0.6) is 0 Å². The van der Waals surface area contributed by atoms with Gasteiger partial charge in [-0.25, -0.2) is 0 Å². The SMILES string of the molecule is CC(C)CN1Cc2cc(C(C)(C)C)ccc2C1O. The van der Waals surface area contributed by atoms with Crippen LogP contribution in [0.3, 0.4) is 0 Å². The van der Waals surface area contributed by atoms with Crippen LogP contribution < -0.4 is 0 Å². The molecule has 0 amide bonds. The smallest absolute Gasteiger partial charge is 0.134 e. The Labute approximate surface area is 111 Å². The molecule has 1 aliphatic rings. The highest BCUT2D eigenvalue weighted by Crippen LogP contribution is 2.35. The Balaban J connectivity index is 2.26. The number of aliphatic hydroxyl groups excluding tert-OH is 1. The third-order valence-corrected chi connectivity index (χ3v) is 3.61. The molecule has 1 aromatic rings. The molecular formula is C16H25NO. The van der Waals surface area contributed by atoms with Crippen LogP contribution in [0.4, 0.5) is 0 Å². The molecule has 0 spiro atoms. The van der Waals surface area contributed by atoms with E-state index in [1.54, 1.807) is 0 Å². The van der Waals surface area contributed by atoms with Crippen molar-refractivity contribution < 1.29 is 5.11 Å². The number of fused-ring (bicyclic) bond motifs is 1. The molecule has 1 N–H and O–H groups in total. The molecule has 0 radical (unpaired) electrons. The van der Waals surface area contributed by atoms with Gasteiger partial charge in [0.05, 0.1) is 0 Å². The van der Waals surface area contributed by atoms with E-state index in [1.165, 1.54) is 11.1 Å². The monoisotopic (exact) mass is 247 g/mol. The molecule has 0 aromatic heterocycles. The molecule has 1 aromatic carbocycles. The highest BCUT2D eigenvalue weighted by Gasteiger charge is 2.29. The fourth-order valence-electron chi connectivity index (χ4n) is 2.60. The van der Waals surface area contributed by atoms with Crippen LogP contribution in [0.25, 0.3) is 0 Å². The van der Waals surface area contributed by atoms with E-state index in [0.29, 0.717) is 5.92 Å². The minimum absolute atomic E-state index is 0.172. The van der Waals surface area contributed by atoms with Crippen molar-refractivity contribution >= 4 is 0 Å². The maximum Gasteiger partial charge on any atom is 0.134 e. The van der Waals surface area contributed by atoms with Crippen molar-refractivity contribution in [3.63, 3.8) is 0 Å². The highest BCUT2D eigenvalue weighted by atomic mass is 16.3. The van der Waals surface area contributed by atoms with Crippen LogP contribution in [-0.4, -0.2) is 16.6 Å². The van der Waals surface area contributed by atoms with E-state index in [4.69, 9.17) is 0 Å². The molecule has 2 rings (SSSR count). The van der Waals surface area contributed by atoms with Crippen LogP contribution in [0, 0.1) is 5.92 Å². The first-order valence-corrected chi connectivity index (χ1v) is 6.84. The lowest BCUT2D eigenvalue weighted by Gasteiger charge is -2.22. The summed E-state index contributed by atoms with van der Waals surface area (Å²) >= 11 is 0. The summed E-state index contributed by atoms with van der Waals surface area (Å²) < 4.78 is 0. The molecule has 0 saturated heterocycles. The lowest BCUT2D eigenvalue weighted by atomic mass is 9.85. The van der Waals surface area contributed by atoms with Gasteiger partial charge in [0.1, 0.15) is 6.23 Å². The van der Waals surface area contributed by atoms with E-state index in [-0.39, 0.29) is 5.41 Å². The largest absolute Gasteiger partial charge is 0.374 e. The van der Waals surface area contributed by atoms with E-state index in [9.17, 15) is 5.11 Å². The minimum atomic E-state index is -0.420. The Morgan fingerprint density at radius 1 is 1.33 bits per heavy atom. The van der Waals surface area contributed by atoms with Gasteiger partial charge >= 0.3 is 0 Å². The van der Waals surface area contributed by atoms with Crippen molar-refractivity contribution in [3.8, 4) is 0 Å². The predicted octanol–water partition coefficient (Wildman–Crippen LogP) is 3.45. The zero-order valence-corrected chi connectivity index (χ0v) is 12.2. The minimum Gasteiger partial charge on any atom is -0.374 e. The molecule has 0 fully saturated rings. The molecule has 1 unspecified atom stereocenters. The summed E-state index contributed by atoms with van der Waals surface area (Å²) in [5.41, 5.74) is 3.89. The van der Waals surface area contributed by atoms with Crippen molar-refractivity contribution in [3.05, 3.63) is 34.9 Å². The van der Waals surface area contributed by atoms with E-state index in [1.807, 2.05) is 0 Å². The van der Waals surface area contributed by atoms with Gasteiger partial charge in [-0.2, -0.15) is 0 Å². The zero-order valence-electron chi connectivity index (χ0n) is 12.2. The Bertz CT molecular complexity index is 431. The van der Waals surface area contributed by atoms with Gasteiger partial charge in [0.2, 0.25) is 0 Å². The van der Waals surface area contributed by atoms with Crippen LogP contribution in [0.15, 0.2) is 18.2 Å². The molecule has 0 aliphatic carbocycles. The molecule has 0 bridgehead atoms. The first-order chi connectivity index (χ1) is 8.29. The van der Waals surface area contributed by atoms with E-state index >= 15 is 0 Å². The Kier molecular flexibility index (Phi) is 3.52. The number of nitrogens with zero attached hydrogens (tertiary/aromatic N) is 1. The summed E-state index contributed by atoms with van der Waals surface area (Å²) in [6, 6.07) is 6.51. The summed E-state index contributed by atoms with van der Waals surface area (Å²) in [5, 5.41) is 10.3. The Hall–Kier alpha value is -0.860. The summed E-state index contributed by atoms with van der Waals surface area (Å²) in [7, 11) is 0. The predicted molar refractivity (Wildman–Crippen MR) is 75.3 cm³/mol. The number of benzene rings is 1. The molecule has 1 heterocycles. The molecule has 2 nitrogen and oxygen atoms in total. The number of rotatable bonds is 2. The van der Waals surface area contributed by atoms with Gasteiger partial charge in [-0.05, 0) is 28.0 Å². The number of hydrogen-bond acceptors (Lipinski definition) is 2. The average Bonchev–Trinajstić information content (AvgIpc) is 2.53. The van der Waals surface area contributed by atoms with Gasteiger partial charge in [-0.3, -0.25) is 4.90 Å². The number of aliphatic hydroxyl groups is 1. The summed E-state index contributed by atoms with van der Waals surface area (Å²) in [4.78, 5) is 2.15. The molecule has 1 atom stereocenters. The highest BCUT2D eigenvalue weighted by molar-refractivity contribution is 5.38. The molecule has 0 saturated carbocycles. The fraction of sp³-hybridized carbons (Fsp3) is 0.625. The second-order valence-corrected chi connectivity index (χ2v) is 6.86. The van der Waals surface area contributed by atoms with Crippen LogP contribution >= 0.6 is 0 Å². The van der Waals surface area contributed by atoms with Crippen molar-refractivity contribution in [2.75, 3.05) is 6.54 Å². The van der Waals surface area contributed by atoms with Gasteiger partial charge in [0.25, 0.3) is 0 Å². The normalized spacial score (nSPS) is 20.5. The van der Waals surface area contributed by atoms with Gasteiger partial charge in [-0.1, -0.05) is 52.8 Å². The van der Waals surface area contributed by atoms with Crippen molar-refractivity contribution in [1.29, 1.82) is 0 Å². The van der Waals surface area contributed by atoms with Crippen LogP contribution in [0.2, 0.25) is 0 Å². The lowest BCUT2D eigenvalue weighted by molar-refractivity contribution is 0.00626.